The van der Waals surface area contributed by atoms with Crippen LogP contribution >= 0.6 is 0 Å². The fourth-order valence-electron chi connectivity index (χ4n) is 1.36. The lowest BCUT2D eigenvalue weighted by Gasteiger charge is -2.08. The van der Waals surface area contributed by atoms with E-state index in [0.717, 1.165) is 19.3 Å². The zero-order valence-electron chi connectivity index (χ0n) is 6.59. The van der Waals surface area contributed by atoms with Crippen LogP contribution in [0.5, 0.6) is 0 Å². The van der Waals surface area contributed by atoms with Gasteiger partial charge in [0, 0.05) is 0 Å². The van der Waals surface area contributed by atoms with E-state index < -0.39 is 15.5 Å². The van der Waals surface area contributed by atoms with Gasteiger partial charge in [0.15, 0.2) is 0 Å². The van der Waals surface area contributed by atoms with Gasteiger partial charge in [-0.1, -0.05) is 13.3 Å². The Morgan fingerprint density at radius 3 is 2.36 bits per heavy atom. The van der Waals surface area contributed by atoms with Gasteiger partial charge >= 0.3 is 10.2 Å². The van der Waals surface area contributed by atoms with Crippen LogP contribution in [0.1, 0.15) is 32.6 Å². The van der Waals surface area contributed by atoms with Gasteiger partial charge in [-0.15, -0.1) is 3.89 Å². The molecule has 0 heterocycles. The maximum atomic E-state index is 12.5. The summed E-state index contributed by atoms with van der Waals surface area (Å²) >= 11 is 0. The van der Waals surface area contributed by atoms with Crippen molar-refractivity contribution in [2.45, 2.75) is 37.9 Å². The van der Waals surface area contributed by atoms with E-state index in [0.29, 0.717) is 6.42 Å². The lowest BCUT2D eigenvalue weighted by atomic mass is 10.2. The Hall–Kier alpha value is -0.120. The van der Waals surface area contributed by atoms with Crippen molar-refractivity contribution in [3.63, 3.8) is 0 Å². The minimum atomic E-state index is -4.26. The van der Waals surface area contributed by atoms with Crippen molar-refractivity contribution in [3.8, 4) is 0 Å². The fourth-order valence-corrected chi connectivity index (χ4v) is 2.61. The molecular weight excluding hydrogens is 167 g/mol. The standard InChI is InChI=1S/C7H13FO2S/c1-2-3-7(6-4-5-6)11(8,9)10/h6-7H,2-5H2,1H3. The Kier molecular flexibility index (Phi) is 2.52. The predicted octanol–water partition coefficient (Wildman–Crippen LogP) is 1.86. The van der Waals surface area contributed by atoms with Crippen LogP contribution in [0.25, 0.3) is 0 Å². The third-order valence-corrected chi connectivity index (χ3v) is 3.43. The van der Waals surface area contributed by atoms with Crippen LogP contribution in [0, 0.1) is 5.92 Å². The van der Waals surface area contributed by atoms with E-state index >= 15 is 0 Å². The van der Waals surface area contributed by atoms with Crippen LogP contribution in [0.4, 0.5) is 3.89 Å². The molecule has 1 fully saturated rings. The number of halogens is 1. The lowest BCUT2D eigenvalue weighted by Crippen LogP contribution is -2.18. The molecule has 0 aliphatic heterocycles. The predicted molar refractivity (Wildman–Crippen MR) is 41.4 cm³/mol. The summed E-state index contributed by atoms with van der Waals surface area (Å²) in [5, 5.41) is -0.701. The molecule has 1 unspecified atom stereocenters. The first-order chi connectivity index (χ1) is 5.05. The number of hydrogen-bond donors (Lipinski definition) is 0. The molecule has 1 aliphatic carbocycles. The average molecular weight is 180 g/mol. The summed E-state index contributed by atoms with van der Waals surface area (Å²) in [7, 11) is -4.26. The quantitative estimate of drug-likeness (QED) is 0.619. The summed E-state index contributed by atoms with van der Waals surface area (Å²) in [6.45, 7) is 1.88. The molecule has 1 atom stereocenters. The molecule has 4 heteroatoms. The molecule has 1 saturated carbocycles. The minimum absolute atomic E-state index is 0.116. The second kappa shape index (κ2) is 3.09. The van der Waals surface area contributed by atoms with Crippen molar-refractivity contribution in [2.24, 2.45) is 5.92 Å². The topological polar surface area (TPSA) is 34.1 Å². The summed E-state index contributed by atoms with van der Waals surface area (Å²) in [5.41, 5.74) is 0. The van der Waals surface area contributed by atoms with Gasteiger partial charge in [0.05, 0.1) is 5.25 Å². The zero-order chi connectivity index (χ0) is 8.48. The molecule has 0 aromatic carbocycles. The highest BCUT2D eigenvalue weighted by molar-refractivity contribution is 7.87. The van der Waals surface area contributed by atoms with Crippen LogP contribution in [-0.2, 0) is 10.2 Å². The maximum absolute atomic E-state index is 12.5. The average Bonchev–Trinajstić information content (AvgIpc) is 2.61. The van der Waals surface area contributed by atoms with E-state index in [1.54, 1.807) is 0 Å². The third kappa shape index (κ3) is 2.43. The molecule has 0 bridgehead atoms. The van der Waals surface area contributed by atoms with Crippen molar-refractivity contribution in [1.82, 2.24) is 0 Å². The normalized spacial score (nSPS) is 21.6. The van der Waals surface area contributed by atoms with Gasteiger partial charge < -0.3 is 0 Å². The Labute approximate surface area is 67.0 Å². The zero-order valence-corrected chi connectivity index (χ0v) is 7.40. The molecule has 11 heavy (non-hydrogen) atoms. The van der Waals surface area contributed by atoms with Crippen molar-refractivity contribution >= 4 is 10.2 Å². The third-order valence-electron chi connectivity index (χ3n) is 2.08. The van der Waals surface area contributed by atoms with Gasteiger partial charge in [-0.25, -0.2) is 0 Å². The maximum Gasteiger partial charge on any atom is 0.305 e. The second-order valence-corrected chi connectivity index (χ2v) is 4.70. The highest BCUT2D eigenvalue weighted by Crippen LogP contribution is 2.38. The van der Waals surface area contributed by atoms with E-state index in [9.17, 15) is 12.3 Å². The SMILES string of the molecule is CCCC(C1CC1)S(=O)(=O)F. The molecule has 0 saturated heterocycles. The second-order valence-electron chi connectivity index (χ2n) is 3.14. The van der Waals surface area contributed by atoms with E-state index in [-0.39, 0.29) is 5.92 Å². The van der Waals surface area contributed by atoms with Crippen LogP contribution < -0.4 is 0 Å². The van der Waals surface area contributed by atoms with Gasteiger partial charge in [0.1, 0.15) is 0 Å². The first kappa shape index (κ1) is 8.97. The molecule has 1 rings (SSSR count). The molecular formula is C7H13FO2S. The van der Waals surface area contributed by atoms with Crippen molar-refractivity contribution in [2.75, 3.05) is 0 Å². The first-order valence-electron chi connectivity index (χ1n) is 3.99. The monoisotopic (exact) mass is 180 g/mol. The van der Waals surface area contributed by atoms with Crippen molar-refractivity contribution in [1.29, 1.82) is 0 Å². The highest BCUT2D eigenvalue weighted by atomic mass is 32.3. The Balaban J connectivity index is 2.59. The molecule has 66 valence electrons. The first-order valence-corrected chi connectivity index (χ1v) is 5.44. The summed E-state index contributed by atoms with van der Waals surface area (Å²) in [4.78, 5) is 0. The number of hydrogen-bond acceptors (Lipinski definition) is 2. The lowest BCUT2D eigenvalue weighted by molar-refractivity contribution is 0.510. The van der Waals surface area contributed by atoms with Crippen LogP contribution in [-0.4, -0.2) is 13.7 Å². The van der Waals surface area contributed by atoms with Crippen LogP contribution in [0.3, 0.4) is 0 Å². The summed E-state index contributed by atoms with van der Waals surface area (Å²) in [5.74, 6) is 0.116. The molecule has 0 amide bonds. The van der Waals surface area contributed by atoms with Crippen LogP contribution in [0.2, 0.25) is 0 Å². The smallest absolute Gasteiger partial charge is 0.195 e. The van der Waals surface area contributed by atoms with Gasteiger partial charge in [0.2, 0.25) is 0 Å². The Morgan fingerprint density at radius 1 is 1.55 bits per heavy atom. The van der Waals surface area contributed by atoms with E-state index in [1.165, 1.54) is 0 Å². The summed E-state index contributed by atoms with van der Waals surface area (Å²) in [6.07, 6.45) is 2.98. The van der Waals surface area contributed by atoms with Crippen molar-refractivity contribution in [3.05, 3.63) is 0 Å². The fraction of sp³-hybridized carbons (Fsp3) is 1.00. The van der Waals surface area contributed by atoms with Gasteiger partial charge in [0.25, 0.3) is 0 Å². The van der Waals surface area contributed by atoms with Gasteiger partial charge in [-0.2, -0.15) is 8.42 Å². The minimum Gasteiger partial charge on any atom is -0.195 e. The van der Waals surface area contributed by atoms with E-state index in [1.807, 2.05) is 6.92 Å². The molecule has 1 aliphatic rings. The van der Waals surface area contributed by atoms with E-state index in [2.05, 4.69) is 0 Å². The van der Waals surface area contributed by atoms with Gasteiger partial charge in [-0.3, -0.25) is 0 Å². The molecule has 0 aromatic rings. The molecule has 0 N–H and O–H groups in total. The molecule has 0 spiro atoms. The summed E-state index contributed by atoms with van der Waals surface area (Å²) < 4.78 is 33.6. The Bertz CT molecular complexity index is 219. The summed E-state index contributed by atoms with van der Waals surface area (Å²) in [6, 6.07) is 0. The van der Waals surface area contributed by atoms with Crippen LogP contribution in [0.15, 0.2) is 0 Å². The molecule has 2 nitrogen and oxygen atoms in total. The largest absolute Gasteiger partial charge is 0.305 e. The van der Waals surface area contributed by atoms with Crippen molar-refractivity contribution < 1.29 is 12.3 Å². The highest BCUT2D eigenvalue weighted by Gasteiger charge is 2.39. The number of rotatable bonds is 4. The van der Waals surface area contributed by atoms with E-state index in [4.69, 9.17) is 0 Å². The molecule has 0 radical (unpaired) electrons. The Morgan fingerprint density at radius 2 is 2.09 bits per heavy atom. The molecule has 0 aromatic heterocycles. The van der Waals surface area contributed by atoms with Gasteiger partial charge in [-0.05, 0) is 25.2 Å².